The number of pyridine rings is 2. The monoisotopic (exact) mass is 831 g/mol. The SMILES string of the molecule is [2H]C([2H])([2H])c1c[c-]c(-c2cc(C([2H])([2H])[2H])c(C([2H])([2H])[2H])cn2)cc1.[Ir].[c-]1cccc2c1c1nc3ccccc3n1c1cc3c(cc21)oc1cc(-c2ccccc2)ccc13. The number of aromatic nitrogens is 3. The Hall–Kier alpha value is -5.61. The van der Waals surface area contributed by atoms with Crippen molar-refractivity contribution < 1.29 is 36.9 Å². The normalized spacial score (nSPS) is 14.8. The first kappa shape index (κ1) is 22.9. The molecule has 6 aromatic carbocycles. The number of fused-ring (bicyclic) bond motifs is 11. The molecular formula is C45H31IrN3O-2. The van der Waals surface area contributed by atoms with Crippen molar-refractivity contribution in [2.45, 2.75) is 20.6 Å². The molecule has 10 aromatic rings. The summed E-state index contributed by atoms with van der Waals surface area (Å²) in [6.07, 6.45) is 1.02. The second-order valence-electron chi connectivity index (χ2n) is 11.9. The molecule has 5 heteroatoms. The summed E-state index contributed by atoms with van der Waals surface area (Å²) in [7, 11) is 0. The van der Waals surface area contributed by atoms with E-state index in [1.54, 1.807) is 0 Å². The summed E-state index contributed by atoms with van der Waals surface area (Å²) < 4.78 is 75.6. The Morgan fingerprint density at radius 2 is 1.52 bits per heavy atom. The van der Waals surface area contributed by atoms with E-state index < -0.39 is 20.6 Å². The van der Waals surface area contributed by atoms with Gasteiger partial charge in [-0.25, -0.2) is 0 Å². The third-order valence-electron chi connectivity index (χ3n) is 8.86. The molecule has 0 unspecified atom stereocenters. The van der Waals surface area contributed by atoms with Crippen molar-refractivity contribution in [3.8, 4) is 22.4 Å². The van der Waals surface area contributed by atoms with Gasteiger partial charge >= 0.3 is 0 Å². The van der Waals surface area contributed by atoms with Crippen molar-refractivity contribution in [2.75, 3.05) is 0 Å². The molecule has 0 atom stereocenters. The van der Waals surface area contributed by atoms with Crippen LogP contribution in [-0.4, -0.2) is 14.4 Å². The average Bonchev–Trinajstić information content (AvgIpc) is 3.78. The number of aryl methyl sites for hydroxylation is 3. The van der Waals surface area contributed by atoms with Gasteiger partial charge in [-0.05, 0) is 77.9 Å². The molecule has 4 nitrogen and oxygen atoms in total. The molecule has 0 bridgehead atoms. The van der Waals surface area contributed by atoms with Gasteiger partial charge in [0.25, 0.3) is 0 Å². The molecule has 0 saturated carbocycles. The van der Waals surface area contributed by atoms with Crippen LogP contribution in [0.3, 0.4) is 0 Å². The molecule has 50 heavy (non-hydrogen) atoms. The molecule has 10 rings (SSSR count). The Kier molecular flexibility index (Phi) is 5.81. The number of benzene rings is 6. The van der Waals surface area contributed by atoms with Gasteiger partial charge < -0.3 is 13.8 Å². The van der Waals surface area contributed by atoms with E-state index in [1.807, 2.05) is 24.3 Å². The van der Waals surface area contributed by atoms with E-state index in [4.69, 9.17) is 21.7 Å². The number of rotatable bonds is 2. The van der Waals surface area contributed by atoms with E-state index in [1.165, 1.54) is 29.8 Å². The van der Waals surface area contributed by atoms with Crippen LogP contribution in [0, 0.1) is 32.7 Å². The number of hydrogen-bond donors (Lipinski definition) is 0. The fraction of sp³-hybridized carbons (Fsp3) is 0.0667. The largest absolute Gasteiger partial charge is 0.456 e. The summed E-state index contributed by atoms with van der Waals surface area (Å²) >= 11 is 0. The smallest absolute Gasteiger partial charge is 0.136 e. The van der Waals surface area contributed by atoms with Gasteiger partial charge in [0.05, 0.1) is 16.7 Å². The Bertz CT molecular complexity index is 3190. The molecule has 0 fully saturated rings. The topological polar surface area (TPSA) is 43.3 Å². The van der Waals surface area contributed by atoms with Crippen molar-refractivity contribution in [2.24, 2.45) is 0 Å². The van der Waals surface area contributed by atoms with Gasteiger partial charge in [-0.15, -0.1) is 65.0 Å². The van der Waals surface area contributed by atoms with Crippen molar-refractivity contribution in [3.63, 3.8) is 0 Å². The molecule has 0 aliphatic rings. The van der Waals surface area contributed by atoms with Crippen LogP contribution < -0.4 is 0 Å². The molecule has 0 N–H and O–H groups in total. The predicted octanol–water partition coefficient (Wildman–Crippen LogP) is 11.6. The quantitative estimate of drug-likeness (QED) is 0.129. The van der Waals surface area contributed by atoms with Gasteiger partial charge in [0.1, 0.15) is 11.2 Å². The molecule has 0 amide bonds. The summed E-state index contributed by atoms with van der Waals surface area (Å²) in [5.41, 5.74) is 8.32. The summed E-state index contributed by atoms with van der Waals surface area (Å²) in [5, 5.41) is 5.52. The second kappa shape index (κ2) is 12.7. The summed E-state index contributed by atoms with van der Waals surface area (Å²) in [4.78, 5) is 8.98. The number of para-hydroxylation sites is 2. The zero-order chi connectivity index (χ0) is 40.6. The first-order valence-corrected chi connectivity index (χ1v) is 15.7. The van der Waals surface area contributed by atoms with E-state index in [2.05, 4.69) is 100 Å². The first-order chi connectivity index (χ1) is 27.6. The average molecular weight is 831 g/mol. The predicted molar refractivity (Wildman–Crippen MR) is 202 cm³/mol. The van der Waals surface area contributed by atoms with Crippen LogP contribution in [-0.2, 0) is 20.1 Å². The van der Waals surface area contributed by atoms with E-state index in [0.29, 0.717) is 5.56 Å². The van der Waals surface area contributed by atoms with E-state index >= 15 is 0 Å². The molecule has 243 valence electrons. The molecule has 1 radical (unpaired) electrons. The Morgan fingerprint density at radius 1 is 0.660 bits per heavy atom. The summed E-state index contributed by atoms with van der Waals surface area (Å²) in [6, 6.07) is 47.3. The second-order valence-corrected chi connectivity index (χ2v) is 11.9. The fourth-order valence-corrected chi connectivity index (χ4v) is 6.49. The van der Waals surface area contributed by atoms with Crippen molar-refractivity contribution in [3.05, 3.63) is 162 Å². The minimum Gasteiger partial charge on any atom is -0.456 e. The van der Waals surface area contributed by atoms with Gasteiger partial charge in [-0.1, -0.05) is 72.4 Å². The summed E-state index contributed by atoms with van der Waals surface area (Å²) in [5.74, 6) is 0. The van der Waals surface area contributed by atoms with Crippen LogP contribution in [0.1, 0.15) is 29.0 Å². The molecule has 0 spiro atoms. The van der Waals surface area contributed by atoms with Crippen LogP contribution in [0.15, 0.2) is 138 Å². The minimum atomic E-state index is -2.61. The molecule has 0 aliphatic carbocycles. The van der Waals surface area contributed by atoms with Gasteiger partial charge in [-0.2, -0.15) is 0 Å². The van der Waals surface area contributed by atoms with E-state index in [0.717, 1.165) is 72.1 Å². The Labute approximate surface area is 316 Å². The minimum absolute atomic E-state index is 0. The van der Waals surface area contributed by atoms with Crippen LogP contribution in [0.5, 0.6) is 0 Å². The zero-order valence-electron chi connectivity index (χ0n) is 35.3. The van der Waals surface area contributed by atoms with Crippen molar-refractivity contribution in [1.29, 1.82) is 0 Å². The van der Waals surface area contributed by atoms with Gasteiger partial charge in [-0.3, -0.25) is 4.98 Å². The van der Waals surface area contributed by atoms with E-state index in [-0.39, 0.29) is 42.5 Å². The molecule has 0 aliphatic heterocycles. The Morgan fingerprint density at radius 3 is 2.36 bits per heavy atom. The van der Waals surface area contributed by atoms with Crippen LogP contribution >= 0.6 is 0 Å². The maximum atomic E-state index is 7.54. The maximum absolute atomic E-state index is 7.54. The third-order valence-corrected chi connectivity index (χ3v) is 8.86. The zero-order valence-corrected chi connectivity index (χ0v) is 28.7. The number of nitrogens with zero attached hydrogens (tertiary/aromatic N) is 3. The number of hydrogen-bond acceptors (Lipinski definition) is 3. The van der Waals surface area contributed by atoms with E-state index in [9.17, 15) is 0 Å². The number of furan rings is 1. The molecule has 0 saturated heterocycles. The van der Waals surface area contributed by atoms with Crippen molar-refractivity contribution >= 4 is 60.3 Å². The summed E-state index contributed by atoms with van der Waals surface area (Å²) in [6.45, 7) is -7.47. The Balaban J connectivity index is 0.000000173. The van der Waals surface area contributed by atoms with Crippen molar-refractivity contribution in [1.82, 2.24) is 14.4 Å². The molecular weight excluding hydrogens is 791 g/mol. The standard InChI is InChI=1S/C31H17N2O.C14H14N.Ir/c1-2-8-19(9-3-1)20-14-15-22-25-17-28-24(18-30(25)34-29(22)16-20)21-10-4-5-11-23(21)31-32-26-12-6-7-13-27(26)33(28)31;1-10-4-6-13(7-5-10)14-8-11(2)12(3)9-15-14;/h1-10,12-18H;4-6,8-9H,1-3H3;/q2*-1;/i;1D3,2D3,3D3;. The van der Waals surface area contributed by atoms with Gasteiger partial charge in [0, 0.05) is 54.9 Å². The third kappa shape index (κ3) is 5.36. The molecule has 4 aromatic heterocycles. The maximum Gasteiger partial charge on any atom is 0.136 e. The fourth-order valence-electron chi connectivity index (χ4n) is 6.49. The first-order valence-electron chi connectivity index (χ1n) is 20.2. The number of imidazole rings is 1. The molecule has 4 heterocycles. The van der Waals surface area contributed by atoms with Crippen LogP contribution in [0.25, 0.3) is 82.7 Å². The van der Waals surface area contributed by atoms with Gasteiger partial charge in [0.2, 0.25) is 0 Å². The van der Waals surface area contributed by atoms with Crippen LogP contribution in [0.2, 0.25) is 0 Å². The van der Waals surface area contributed by atoms with Crippen LogP contribution in [0.4, 0.5) is 0 Å². The van der Waals surface area contributed by atoms with Gasteiger partial charge in [0.15, 0.2) is 0 Å².